The predicted octanol–water partition coefficient (Wildman–Crippen LogP) is 4.74. The average Bonchev–Trinajstić information content (AvgIpc) is 2.53. The number of aliphatic hydroxyl groups is 1. The van der Waals surface area contributed by atoms with Gasteiger partial charge in [0.25, 0.3) is 0 Å². The maximum absolute atomic E-state index is 10.4. The van der Waals surface area contributed by atoms with E-state index in [2.05, 4.69) is 53.5 Å². The summed E-state index contributed by atoms with van der Waals surface area (Å²) < 4.78 is 0. The smallest absolute Gasteiger partial charge is 0.0818 e. The second-order valence-electron chi connectivity index (χ2n) is 6.16. The molecule has 4 rings (SSSR count). The molecule has 0 spiro atoms. The summed E-state index contributed by atoms with van der Waals surface area (Å²) in [6.07, 6.45) is 6.98. The molecule has 3 aromatic rings. The zero-order chi connectivity index (χ0) is 14.9. The van der Waals surface area contributed by atoms with Gasteiger partial charge in [-0.1, -0.05) is 48.9 Å². The van der Waals surface area contributed by atoms with Crippen LogP contribution in [0, 0.1) is 5.92 Å². The maximum Gasteiger partial charge on any atom is 0.0818 e. The van der Waals surface area contributed by atoms with E-state index in [1.807, 2.05) is 12.4 Å². The molecule has 1 saturated carbocycles. The van der Waals surface area contributed by atoms with Gasteiger partial charge in [0.1, 0.15) is 0 Å². The van der Waals surface area contributed by atoms with Crippen LogP contribution in [0.15, 0.2) is 60.9 Å². The van der Waals surface area contributed by atoms with Crippen molar-refractivity contribution in [1.29, 1.82) is 0 Å². The summed E-state index contributed by atoms with van der Waals surface area (Å²) in [4.78, 5) is 4.19. The first-order valence-electron chi connectivity index (χ1n) is 7.94. The second kappa shape index (κ2) is 5.54. The third kappa shape index (κ3) is 2.30. The maximum atomic E-state index is 10.4. The Labute approximate surface area is 130 Å². The lowest BCUT2D eigenvalue weighted by Gasteiger charge is -2.30. The highest BCUT2D eigenvalue weighted by Crippen LogP contribution is 2.38. The third-order valence-corrected chi connectivity index (χ3v) is 4.84. The van der Waals surface area contributed by atoms with E-state index in [1.54, 1.807) is 0 Å². The van der Waals surface area contributed by atoms with Crippen molar-refractivity contribution >= 4 is 10.8 Å². The minimum atomic E-state index is -0.306. The van der Waals surface area contributed by atoms with Gasteiger partial charge in [-0.15, -0.1) is 0 Å². The van der Waals surface area contributed by atoms with Gasteiger partial charge in [-0.3, -0.25) is 4.98 Å². The van der Waals surface area contributed by atoms with E-state index in [1.165, 1.54) is 22.9 Å². The number of aliphatic hydroxyl groups excluding tert-OH is 1. The Hall–Kier alpha value is -2.19. The standard InChI is InChI=1S/C20H19NO/c22-20(15-3-1-4-15)16-9-7-14(8-10-16)18-6-2-5-17-13-21-12-11-19(17)18/h2,5-13,15,20,22H,1,3-4H2. The molecule has 1 fully saturated rings. The number of aromatic nitrogens is 1. The minimum absolute atomic E-state index is 0.306. The van der Waals surface area contributed by atoms with Gasteiger partial charge in [0, 0.05) is 17.8 Å². The molecule has 1 aliphatic rings. The monoisotopic (exact) mass is 289 g/mol. The highest BCUT2D eigenvalue weighted by molar-refractivity contribution is 5.96. The summed E-state index contributed by atoms with van der Waals surface area (Å²) in [6.45, 7) is 0. The summed E-state index contributed by atoms with van der Waals surface area (Å²) in [6, 6.07) is 16.7. The number of hydrogen-bond donors (Lipinski definition) is 1. The molecule has 1 heterocycles. The Bertz CT molecular complexity index is 785. The van der Waals surface area contributed by atoms with Crippen molar-refractivity contribution in [3.05, 3.63) is 66.5 Å². The van der Waals surface area contributed by atoms with Crippen molar-refractivity contribution in [3.63, 3.8) is 0 Å². The number of fused-ring (bicyclic) bond motifs is 1. The van der Waals surface area contributed by atoms with E-state index >= 15 is 0 Å². The van der Waals surface area contributed by atoms with Crippen LogP contribution < -0.4 is 0 Å². The van der Waals surface area contributed by atoms with Gasteiger partial charge in [-0.05, 0) is 46.9 Å². The van der Waals surface area contributed by atoms with E-state index in [9.17, 15) is 5.11 Å². The first-order chi connectivity index (χ1) is 10.8. The van der Waals surface area contributed by atoms with Crippen LogP contribution in [-0.4, -0.2) is 10.1 Å². The van der Waals surface area contributed by atoms with Crippen LogP contribution >= 0.6 is 0 Å². The Balaban J connectivity index is 1.70. The van der Waals surface area contributed by atoms with Gasteiger partial charge in [0.15, 0.2) is 0 Å². The van der Waals surface area contributed by atoms with Crippen LogP contribution in [0.2, 0.25) is 0 Å². The lowest BCUT2D eigenvalue weighted by Crippen LogP contribution is -2.19. The van der Waals surface area contributed by atoms with Gasteiger partial charge in [-0.2, -0.15) is 0 Å². The summed E-state index contributed by atoms with van der Waals surface area (Å²) in [5, 5.41) is 12.7. The van der Waals surface area contributed by atoms with Crippen LogP contribution in [0.5, 0.6) is 0 Å². The molecule has 1 N–H and O–H groups in total. The van der Waals surface area contributed by atoms with E-state index in [0.717, 1.165) is 23.8 Å². The van der Waals surface area contributed by atoms with Crippen LogP contribution in [-0.2, 0) is 0 Å². The molecule has 0 aliphatic heterocycles. The molecule has 1 atom stereocenters. The van der Waals surface area contributed by atoms with Crippen LogP contribution in [0.4, 0.5) is 0 Å². The van der Waals surface area contributed by atoms with Gasteiger partial charge in [-0.25, -0.2) is 0 Å². The molecular weight excluding hydrogens is 270 g/mol. The molecule has 0 radical (unpaired) electrons. The first kappa shape index (κ1) is 13.5. The molecule has 2 nitrogen and oxygen atoms in total. The van der Waals surface area contributed by atoms with E-state index in [0.29, 0.717) is 5.92 Å². The lowest BCUT2D eigenvalue weighted by molar-refractivity contribution is 0.0621. The van der Waals surface area contributed by atoms with E-state index in [4.69, 9.17) is 0 Å². The minimum Gasteiger partial charge on any atom is -0.388 e. The fraction of sp³-hybridized carbons (Fsp3) is 0.250. The largest absolute Gasteiger partial charge is 0.388 e. The molecule has 0 amide bonds. The normalized spacial score (nSPS) is 16.4. The molecule has 2 aromatic carbocycles. The number of benzene rings is 2. The highest BCUT2D eigenvalue weighted by atomic mass is 16.3. The highest BCUT2D eigenvalue weighted by Gasteiger charge is 2.26. The zero-order valence-corrected chi connectivity index (χ0v) is 12.4. The molecule has 22 heavy (non-hydrogen) atoms. The molecule has 2 heteroatoms. The van der Waals surface area contributed by atoms with Gasteiger partial charge in [0.2, 0.25) is 0 Å². The third-order valence-electron chi connectivity index (χ3n) is 4.84. The summed E-state index contributed by atoms with van der Waals surface area (Å²) in [5.41, 5.74) is 3.43. The second-order valence-corrected chi connectivity index (χ2v) is 6.16. The topological polar surface area (TPSA) is 33.1 Å². The molecule has 110 valence electrons. The van der Waals surface area contributed by atoms with Crippen molar-refractivity contribution in [3.8, 4) is 11.1 Å². The molecule has 1 aromatic heterocycles. The molecule has 1 unspecified atom stereocenters. The van der Waals surface area contributed by atoms with Crippen molar-refractivity contribution in [2.24, 2.45) is 5.92 Å². The van der Waals surface area contributed by atoms with Gasteiger partial charge in [0.05, 0.1) is 6.10 Å². The fourth-order valence-corrected chi connectivity index (χ4v) is 3.26. The lowest BCUT2D eigenvalue weighted by atomic mass is 9.78. The Morgan fingerprint density at radius 3 is 2.55 bits per heavy atom. The van der Waals surface area contributed by atoms with Crippen molar-refractivity contribution in [2.75, 3.05) is 0 Å². The zero-order valence-electron chi connectivity index (χ0n) is 12.4. The van der Waals surface area contributed by atoms with Crippen molar-refractivity contribution in [2.45, 2.75) is 25.4 Å². The van der Waals surface area contributed by atoms with Crippen LogP contribution in [0.25, 0.3) is 21.9 Å². The Kier molecular flexibility index (Phi) is 3.39. The van der Waals surface area contributed by atoms with Gasteiger partial charge >= 0.3 is 0 Å². The average molecular weight is 289 g/mol. The predicted molar refractivity (Wildman–Crippen MR) is 89.5 cm³/mol. The van der Waals surface area contributed by atoms with E-state index in [-0.39, 0.29) is 6.10 Å². The number of pyridine rings is 1. The number of rotatable bonds is 3. The SMILES string of the molecule is OC(c1ccc(-c2cccc3cnccc23)cc1)C1CCC1. The van der Waals surface area contributed by atoms with Crippen LogP contribution in [0.3, 0.4) is 0 Å². The molecule has 0 saturated heterocycles. The summed E-state index contributed by atoms with van der Waals surface area (Å²) in [7, 11) is 0. The molecular formula is C20H19NO. The number of hydrogen-bond acceptors (Lipinski definition) is 2. The van der Waals surface area contributed by atoms with E-state index < -0.39 is 0 Å². The Morgan fingerprint density at radius 1 is 1.00 bits per heavy atom. The van der Waals surface area contributed by atoms with Gasteiger partial charge < -0.3 is 5.11 Å². The molecule has 0 bridgehead atoms. The quantitative estimate of drug-likeness (QED) is 0.755. The summed E-state index contributed by atoms with van der Waals surface area (Å²) >= 11 is 0. The van der Waals surface area contributed by atoms with Crippen molar-refractivity contribution < 1.29 is 5.11 Å². The van der Waals surface area contributed by atoms with Crippen LogP contribution in [0.1, 0.15) is 30.9 Å². The van der Waals surface area contributed by atoms with Crippen molar-refractivity contribution in [1.82, 2.24) is 4.98 Å². The molecule has 1 aliphatic carbocycles. The summed E-state index contributed by atoms with van der Waals surface area (Å²) in [5.74, 6) is 0.453. The first-order valence-corrected chi connectivity index (χ1v) is 7.94. The fourth-order valence-electron chi connectivity index (χ4n) is 3.26. The number of nitrogens with zero attached hydrogens (tertiary/aromatic N) is 1. The Morgan fingerprint density at radius 2 is 1.82 bits per heavy atom.